The Morgan fingerprint density at radius 1 is 1.28 bits per heavy atom. The molecule has 6 heteroatoms. The van der Waals surface area contributed by atoms with Gasteiger partial charge >= 0.3 is 6.03 Å². The molecule has 1 N–H and O–H groups in total. The van der Waals surface area contributed by atoms with Crippen molar-refractivity contribution in [1.82, 2.24) is 4.90 Å². The Morgan fingerprint density at radius 3 is 2.80 bits per heavy atom. The van der Waals surface area contributed by atoms with Crippen molar-refractivity contribution in [3.63, 3.8) is 0 Å². The number of likely N-dealkylation sites (tertiary alicyclic amines) is 1. The zero-order valence-electron chi connectivity index (χ0n) is 15.3. The molecular formula is C19H28N2O4. The lowest BCUT2D eigenvalue weighted by Gasteiger charge is -2.20. The number of anilines is 1. The lowest BCUT2D eigenvalue weighted by atomic mass is 9.91. The zero-order chi connectivity index (χ0) is 17.8. The van der Waals surface area contributed by atoms with Crippen molar-refractivity contribution in [2.45, 2.75) is 32.8 Å². The van der Waals surface area contributed by atoms with Crippen LogP contribution in [0.1, 0.15) is 26.7 Å². The molecule has 25 heavy (non-hydrogen) atoms. The van der Waals surface area contributed by atoms with Crippen LogP contribution in [-0.4, -0.2) is 50.4 Å². The SMILES string of the molecule is COc1cc(NC(=O)N2CCC(C3CCOC3)C2)ccc1OC(C)C. The predicted octanol–water partition coefficient (Wildman–Crippen LogP) is 3.37. The van der Waals surface area contributed by atoms with E-state index in [1.165, 1.54) is 0 Å². The van der Waals surface area contributed by atoms with Crippen molar-refractivity contribution in [2.24, 2.45) is 11.8 Å². The van der Waals surface area contributed by atoms with Gasteiger partial charge in [-0.2, -0.15) is 0 Å². The first kappa shape index (κ1) is 17.9. The van der Waals surface area contributed by atoms with E-state index < -0.39 is 0 Å². The maximum absolute atomic E-state index is 12.5. The number of nitrogens with one attached hydrogen (secondary N) is 1. The molecule has 3 rings (SSSR count). The highest BCUT2D eigenvalue weighted by Gasteiger charge is 2.33. The van der Waals surface area contributed by atoms with Crippen LogP contribution in [0.4, 0.5) is 10.5 Å². The van der Waals surface area contributed by atoms with Crippen molar-refractivity contribution in [1.29, 1.82) is 0 Å². The third kappa shape index (κ3) is 4.37. The monoisotopic (exact) mass is 348 g/mol. The van der Waals surface area contributed by atoms with Crippen LogP contribution in [0.25, 0.3) is 0 Å². The van der Waals surface area contributed by atoms with Gasteiger partial charge in [0, 0.05) is 38.1 Å². The Balaban J connectivity index is 1.59. The Kier molecular flexibility index (Phi) is 5.68. The Hall–Kier alpha value is -1.95. The summed E-state index contributed by atoms with van der Waals surface area (Å²) < 4.78 is 16.6. The molecule has 0 aliphatic carbocycles. The lowest BCUT2D eigenvalue weighted by molar-refractivity contribution is 0.171. The van der Waals surface area contributed by atoms with Gasteiger partial charge in [0.25, 0.3) is 0 Å². The van der Waals surface area contributed by atoms with Crippen LogP contribution < -0.4 is 14.8 Å². The van der Waals surface area contributed by atoms with Crippen LogP contribution >= 0.6 is 0 Å². The molecule has 2 aliphatic heterocycles. The molecule has 2 amide bonds. The van der Waals surface area contributed by atoms with Gasteiger partial charge in [-0.1, -0.05) is 0 Å². The van der Waals surface area contributed by atoms with E-state index in [9.17, 15) is 4.79 Å². The maximum atomic E-state index is 12.5. The van der Waals surface area contributed by atoms with Gasteiger partial charge in [0.15, 0.2) is 11.5 Å². The van der Waals surface area contributed by atoms with Gasteiger partial charge in [-0.05, 0) is 50.7 Å². The molecule has 138 valence electrons. The summed E-state index contributed by atoms with van der Waals surface area (Å²) in [5, 5.41) is 2.97. The topological polar surface area (TPSA) is 60.0 Å². The number of amides is 2. The summed E-state index contributed by atoms with van der Waals surface area (Å²) in [7, 11) is 1.60. The lowest BCUT2D eigenvalue weighted by Crippen LogP contribution is -2.33. The second kappa shape index (κ2) is 7.95. The van der Waals surface area contributed by atoms with Gasteiger partial charge in [-0.15, -0.1) is 0 Å². The molecule has 1 aromatic carbocycles. The first-order valence-electron chi connectivity index (χ1n) is 9.05. The van der Waals surface area contributed by atoms with Gasteiger partial charge < -0.3 is 24.4 Å². The Labute approximate surface area is 149 Å². The molecule has 2 fully saturated rings. The molecule has 2 heterocycles. The van der Waals surface area contributed by atoms with Gasteiger partial charge in [-0.3, -0.25) is 0 Å². The number of urea groups is 1. The first-order valence-corrected chi connectivity index (χ1v) is 9.05. The van der Waals surface area contributed by atoms with Crippen LogP contribution in [0.15, 0.2) is 18.2 Å². The fraction of sp³-hybridized carbons (Fsp3) is 0.632. The normalized spacial score (nSPS) is 23.1. The van der Waals surface area contributed by atoms with Crippen molar-refractivity contribution in [3.05, 3.63) is 18.2 Å². The number of hydrogen-bond donors (Lipinski definition) is 1. The highest BCUT2D eigenvalue weighted by atomic mass is 16.5. The number of carbonyl (C=O) groups is 1. The van der Waals surface area contributed by atoms with Crippen LogP contribution in [0, 0.1) is 11.8 Å². The second-order valence-corrected chi connectivity index (χ2v) is 7.08. The number of carbonyl (C=O) groups excluding carboxylic acids is 1. The minimum absolute atomic E-state index is 0.0546. The van der Waals surface area contributed by atoms with E-state index in [2.05, 4.69) is 5.32 Å². The molecule has 0 spiro atoms. The summed E-state index contributed by atoms with van der Waals surface area (Å²) in [5.41, 5.74) is 0.714. The van der Waals surface area contributed by atoms with Crippen molar-refractivity contribution in [2.75, 3.05) is 38.7 Å². The van der Waals surface area contributed by atoms with E-state index in [1.54, 1.807) is 13.2 Å². The van der Waals surface area contributed by atoms with Gasteiger partial charge in [0.1, 0.15) is 0 Å². The fourth-order valence-corrected chi connectivity index (χ4v) is 3.58. The predicted molar refractivity (Wildman–Crippen MR) is 96.4 cm³/mol. The molecule has 0 bridgehead atoms. The van der Waals surface area contributed by atoms with Crippen molar-refractivity contribution >= 4 is 11.7 Å². The summed E-state index contributed by atoms with van der Waals surface area (Å²) in [4.78, 5) is 14.4. The number of hydrogen-bond acceptors (Lipinski definition) is 4. The minimum atomic E-state index is -0.0546. The molecule has 2 unspecified atom stereocenters. The van der Waals surface area contributed by atoms with Crippen LogP contribution in [-0.2, 0) is 4.74 Å². The smallest absolute Gasteiger partial charge is 0.321 e. The Bertz CT molecular complexity index is 599. The fourth-order valence-electron chi connectivity index (χ4n) is 3.58. The molecule has 0 radical (unpaired) electrons. The minimum Gasteiger partial charge on any atom is -0.493 e. The largest absolute Gasteiger partial charge is 0.493 e. The van der Waals surface area contributed by atoms with Gasteiger partial charge in [-0.25, -0.2) is 4.79 Å². The number of methoxy groups -OCH3 is 1. The van der Waals surface area contributed by atoms with Crippen LogP contribution in [0.3, 0.4) is 0 Å². The van der Waals surface area contributed by atoms with Gasteiger partial charge in [0.2, 0.25) is 0 Å². The summed E-state index contributed by atoms with van der Waals surface area (Å²) >= 11 is 0. The summed E-state index contributed by atoms with van der Waals surface area (Å²) in [6, 6.07) is 5.42. The quantitative estimate of drug-likeness (QED) is 0.886. The average Bonchev–Trinajstić information content (AvgIpc) is 3.26. The second-order valence-electron chi connectivity index (χ2n) is 7.08. The molecule has 0 saturated carbocycles. The van der Waals surface area contributed by atoms with E-state index in [1.807, 2.05) is 30.9 Å². The third-order valence-electron chi connectivity index (χ3n) is 4.92. The summed E-state index contributed by atoms with van der Waals surface area (Å²) in [5.74, 6) is 2.46. The Morgan fingerprint density at radius 2 is 2.12 bits per heavy atom. The maximum Gasteiger partial charge on any atom is 0.321 e. The highest BCUT2D eigenvalue weighted by molar-refractivity contribution is 5.90. The molecule has 6 nitrogen and oxygen atoms in total. The van der Waals surface area contributed by atoms with Crippen LogP contribution in [0.5, 0.6) is 11.5 Å². The molecule has 2 atom stereocenters. The highest BCUT2D eigenvalue weighted by Crippen LogP contribution is 2.32. The molecule has 0 aromatic heterocycles. The van der Waals surface area contributed by atoms with E-state index in [-0.39, 0.29) is 12.1 Å². The summed E-state index contributed by atoms with van der Waals surface area (Å²) in [6.07, 6.45) is 2.25. The number of benzene rings is 1. The standard InChI is InChI=1S/C19H28N2O4/c1-13(2)25-17-5-4-16(10-18(17)23-3)20-19(22)21-8-6-14(11-21)15-7-9-24-12-15/h4-5,10,13-15H,6-9,11-12H2,1-3H3,(H,20,22). The molecular weight excluding hydrogens is 320 g/mol. The number of ether oxygens (including phenoxy) is 3. The first-order chi connectivity index (χ1) is 12.1. The van der Waals surface area contributed by atoms with E-state index in [0.717, 1.165) is 39.1 Å². The molecule has 2 saturated heterocycles. The third-order valence-corrected chi connectivity index (χ3v) is 4.92. The van der Waals surface area contributed by atoms with Crippen molar-refractivity contribution in [3.8, 4) is 11.5 Å². The van der Waals surface area contributed by atoms with E-state index >= 15 is 0 Å². The van der Waals surface area contributed by atoms with E-state index in [4.69, 9.17) is 14.2 Å². The molecule has 2 aliphatic rings. The number of nitrogens with zero attached hydrogens (tertiary/aromatic N) is 1. The van der Waals surface area contributed by atoms with E-state index in [0.29, 0.717) is 29.0 Å². The zero-order valence-corrected chi connectivity index (χ0v) is 15.3. The van der Waals surface area contributed by atoms with Crippen LogP contribution in [0.2, 0.25) is 0 Å². The van der Waals surface area contributed by atoms with Crippen molar-refractivity contribution < 1.29 is 19.0 Å². The molecule has 1 aromatic rings. The number of rotatable bonds is 5. The summed E-state index contributed by atoms with van der Waals surface area (Å²) in [6.45, 7) is 7.25. The average molecular weight is 348 g/mol. The van der Waals surface area contributed by atoms with Gasteiger partial charge in [0.05, 0.1) is 13.2 Å².